The Hall–Kier alpha value is -3.65. The van der Waals surface area contributed by atoms with Crippen LogP contribution in [-0.2, 0) is 5.75 Å². The minimum absolute atomic E-state index is 0.0218. The van der Waals surface area contributed by atoms with E-state index in [1.165, 1.54) is 6.07 Å². The zero-order chi connectivity index (χ0) is 21.1. The topological polar surface area (TPSA) is 89.5 Å². The van der Waals surface area contributed by atoms with Crippen LogP contribution in [0.1, 0.15) is 21.6 Å². The number of hydrogen-bond donors (Lipinski definition) is 1. The van der Waals surface area contributed by atoms with Gasteiger partial charge in [-0.15, -0.1) is 11.8 Å². The number of hydrogen-bond acceptors (Lipinski definition) is 5. The molecule has 2 aromatic carbocycles. The van der Waals surface area contributed by atoms with Gasteiger partial charge in [-0.05, 0) is 49.4 Å². The van der Waals surface area contributed by atoms with Crippen molar-refractivity contribution >= 4 is 34.7 Å². The summed E-state index contributed by atoms with van der Waals surface area (Å²) in [6, 6.07) is 17.8. The van der Waals surface area contributed by atoms with Crippen LogP contribution in [0.2, 0.25) is 0 Å². The molecule has 0 radical (unpaired) electrons. The number of imidazole rings is 1. The summed E-state index contributed by atoms with van der Waals surface area (Å²) >= 11 is 1.64. The van der Waals surface area contributed by atoms with Gasteiger partial charge in [0.25, 0.3) is 11.6 Å². The summed E-state index contributed by atoms with van der Waals surface area (Å²) < 4.78 is 1.99. The minimum atomic E-state index is -0.458. The number of pyridine rings is 1. The van der Waals surface area contributed by atoms with Crippen molar-refractivity contribution < 1.29 is 9.72 Å². The van der Waals surface area contributed by atoms with E-state index in [2.05, 4.69) is 10.3 Å². The molecular formula is C22H18N4O3S. The third-order valence-corrected chi connectivity index (χ3v) is 5.71. The van der Waals surface area contributed by atoms with Crippen molar-refractivity contribution in [3.8, 4) is 0 Å². The Kier molecular flexibility index (Phi) is 5.49. The Morgan fingerprint density at radius 2 is 1.93 bits per heavy atom. The zero-order valence-corrected chi connectivity index (χ0v) is 16.9. The number of carbonyl (C=O) groups is 1. The van der Waals surface area contributed by atoms with Gasteiger partial charge in [-0.2, -0.15) is 0 Å². The fourth-order valence-corrected chi connectivity index (χ4v) is 3.85. The zero-order valence-electron chi connectivity index (χ0n) is 16.1. The van der Waals surface area contributed by atoms with E-state index in [0.717, 1.165) is 22.0 Å². The van der Waals surface area contributed by atoms with Gasteiger partial charge in [0.05, 0.1) is 21.9 Å². The highest BCUT2D eigenvalue weighted by molar-refractivity contribution is 7.98. The summed E-state index contributed by atoms with van der Waals surface area (Å²) in [5, 5.41) is 13.8. The molecule has 1 amide bonds. The molecule has 2 heterocycles. The minimum Gasteiger partial charge on any atom is -0.321 e. The van der Waals surface area contributed by atoms with Crippen LogP contribution in [0.3, 0.4) is 0 Å². The van der Waals surface area contributed by atoms with Gasteiger partial charge in [0.1, 0.15) is 5.65 Å². The molecule has 7 nitrogen and oxygen atoms in total. The largest absolute Gasteiger partial charge is 0.321 e. The van der Waals surface area contributed by atoms with Crippen LogP contribution in [-0.4, -0.2) is 20.2 Å². The lowest BCUT2D eigenvalue weighted by Crippen LogP contribution is -2.13. The average molecular weight is 418 g/mol. The fourth-order valence-electron chi connectivity index (χ4n) is 3.07. The summed E-state index contributed by atoms with van der Waals surface area (Å²) in [4.78, 5) is 28.7. The van der Waals surface area contributed by atoms with E-state index in [1.54, 1.807) is 43.0 Å². The molecule has 0 aliphatic carbocycles. The molecule has 0 saturated heterocycles. The highest BCUT2D eigenvalue weighted by atomic mass is 32.2. The van der Waals surface area contributed by atoms with Gasteiger partial charge < -0.3 is 9.72 Å². The van der Waals surface area contributed by atoms with Gasteiger partial charge >= 0.3 is 0 Å². The summed E-state index contributed by atoms with van der Waals surface area (Å²) in [5.74, 6) is 0.413. The van der Waals surface area contributed by atoms with Crippen LogP contribution in [0, 0.1) is 17.0 Å². The summed E-state index contributed by atoms with van der Waals surface area (Å²) in [6.07, 6.45) is 3.97. The van der Waals surface area contributed by atoms with E-state index < -0.39 is 4.92 Å². The molecule has 0 bridgehead atoms. The van der Waals surface area contributed by atoms with Gasteiger partial charge in [-0.25, -0.2) is 4.98 Å². The number of carbonyl (C=O) groups excluding carboxylic acids is 1. The smallest absolute Gasteiger partial charge is 0.274 e. The second kappa shape index (κ2) is 8.38. The second-order valence-electron chi connectivity index (χ2n) is 6.67. The molecule has 8 heteroatoms. The van der Waals surface area contributed by atoms with Crippen molar-refractivity contribution in [1.82, 2.24) is 9.38 Å². The third kappa shape index (κ3) is 4.18. The van der Waals surface area contributed by atoms with Crippen LogP contribution in [0.5, 0.6) is 0 Å². The van der Waals surface area contributed by atoms with Crippen molar-refractivity contribution in [3.05, 3.63) is 100.0 Å². The quantitative estimate of drug-likeness (QED) is 0.267. The van der Waals surface area contributed by atoms with Crippen LogP contribution < -0.4 is 5.32 Å². The van der Waals surface area contributed by atoms with E-state index in [9.17, 15) is 14.9 Å². The number of rotatable bonds is 6. The van der Waals surface area contributed by atoms with Gasteiger partial charge in [0.15, 0.2) is 0 Å². The average Bonchev–Trinajstić information content (AvgIpc) is 3.17. The number of nitrogens with zero attached hydrogens (tertiary/aromatic N) is 3. The first-order chi connectivity index (χ1) is 14.5. The van der Waals surface area contributed by atoms with Crippen LogP contribution in [0.4, 0.5) is 11.4 Å². The van der Waals surface area contributed by atoms with E-state index in [-0.39, 0.29) is 11.6 Å². The number of aromatic nitrogens is 2. The molecule has 0 spiro atoms. The molecule has 1 N–H and O–H groups in total. The molecule has 0 aliphatic heterocycles. The van der Waals surface area contributed by atoms with Crippen molar-refractivity contribution in [2.24, 2.45) is 0 Å². The number of thioether (sulfide) groups is 1. The normalized spacial score (nSPS) is 10.8. The predicted octanol–water partition coefficient (Wildman–Crippen LogP) is 5.10. The number of nitrogens with one attached hydrogen (secondary N) is 1. The second-order valence-corrected chi connectivity index (χ2v) is 7.72. The number of benzene rings is 2. The van der Waals surface area contributed by atoms with Crippen molar-refractivity contribution in [3.63, 3.8) is 0 Å². The number of nitro groups is 1. The highest BCUT2D eigenvalue weighted by Crippen LogP contribution is 2.26. The standard InChI is InChI=1S/C22H18N4O3S/c1-15-19(5-4-6-20(15)26(28)29)24-22(27)16-8-10-18(11-9-16)30-14-17-13-25-12-3-2-7-21(25)23-17/h2-13H,14H2,1H3,(H,24,27). The van der Waals surface area contributed by atoms with Crippen molar-refractivity contribution in [2.45, 2.75) is 17.6 Å². The van der Waals surface area contributed by atoms with Crippen LogP contribution in [0.25, 0.3) is 5.65 Å². The fraction of sp³-hybridized carbons (Fsp3) is 0.0909. The molecule has 0 atom stereocenters. The van der Waals surface area contributed by atoms with Crippen molar-refractivity contribution in [1.29, 1.82) is 0 Å². The monoisotopic (exact) mass is 418 g/mol. The summed E-state index contributed by atoms with van der Waals surface area (Å²) in [5.41, 5.74) is 3.21. The van der Waals surface area contributed by atoms with Gasteiger partial charge in [-0.1, -0.05) is 12.1 Å². The Morgan fingerprint density at radius 1 is 1.13 bits per heavy atom. The Morgan fingerprint density at radius 3 is 2.67 bits per heavy atom. The summed E-state index contributed by atoms with van der Waals surface area (Å²) in [7, 11) is 0. The molecule has 0 saturated carbocycles. The maximum absolute atomic E-state index is 12.5. The molecule has 2 aromatic heterocycles. The molecule has 4 rings (SSSR count). The molecule has 4 aromatic rings. The third-order valence-electron chi connectivity index (χ3n) is 4.67. The van der Waals surface area contributed by atoms with Crippen LogP contribution in [0.15, 0.2) is 78.0 Å². The van der Waals surface area contributed by atoms with Crippen molar-refractivity contribution in [2.75, 3.05) is 5.32 Å². The number of anilines is 1. The molecule has 150 valence electrons. The lowest BCUT2D eigenvalue weighted by molar-refractivity contribution is -0.385. The molecule has 0 fully saturated rings. The Labute approximate surface area is 176 Å². The molecule has 0 unspecified atom stereocenters. The molecular weight excluding hydrogens is 400 g/mol. The Bertz CT molecular complexity index is 1200. The highest BCUT2D eigenvalue weighted by Gasteiger charge is 2.15. The van der Waals surface area contributed by atoms with E-state index in [4.69, 9.17) is 0 Å². The number of fused-ring (bicyclic) bond motifs is 1. The lowest BCUT2D eigenvalue weighted by Gasteiger charge is -2.09. The first kappa shape index (κ1) is 19.7. The van der Waals surface area contributed by atoms with Gasteiger partial charge in [-0.3, -0.25) is 14.9 Å². The molecule has 0 aliphatic rings. The van der Waals surface area contributed by atoms with Crippen LogP contribution >= 0.6 is 11.8 Å². The van der Waals surface area contributed by atoms with E-state index >= 15 is 0 Å². The van der Waals surface area contributed by atoms with Gasteiger partial charge in [0, 0.05) is 34.7 Å². The van der Waals surface area contributed by atoms with E-state index in [0.29, 0.717) is 16.8 Å². The molecule has 30 heavy (non-hydrogen) atoms. The van der Waals surface area contributed by atoms with E-state index in [1.807, 2.05) is 47.1 Å². The maximum atomic E-state index is 12.5. The first-order valence-corrected chi connectivity index (χ1v) is 10.2. The first-order valence-electron chi connectivity index (χ1n) is 9.22. The Balaban J connectivity index is 1.41. The summed E-state index contributed by atoms with van der Waals surface area (Å²) in [6.45, 7) is 1.62. The SMILES string of the molecule is Cc1c(NC(=O)c2ccc(SCc3cn4ccccc4n3)cc2)cccc1[N+](=O)[O-]. The predicted molar refractivity (Wildman–Crippen MR) is 117 cm³/mol. The maximum Gasteiger partial charge on any atom is 0.274 e. The van der Waals surface area contributed by atoms with Gasteiger partial charge in [0.2, 0.25) is 0 Å². The number of amides is 1. The number of nitro benzene ring substituents is 1. The lowest BCUT2D eigenvalue weighted by atomic mass is 10.1.